The third-order valence-electron chi connectivity index (χ3n) is 3.61. The van der Waals surface area contributed by atoms with Crippen molar-refractivity contribution in [1.29, 1.82) is 0 Å². The van der Waals surface area contributed by atoms with Gasteiger partial charge in [-0.2, -0.15) is 0 Å². The summed E-state index contributed by atoms with van der Waals surface area (Å²) in [5.41, 5.74) is 0. The first kappa shape index (κ1) is 13.8. The van der Waals surface area contributed by atoms with E-state index in [0.717, 1.165) is 32.7 Å². The van der Waals surface area contributed by atoms with Crippen LogP contribution < -0.4 is 10.2 Å². The van der Waals surface area contributed by atoms with Crippen molar-refractivity contribution in [3.05, 3.63) is 11.1 Å². The van der Waals surface area contributed by atoms with E-state index in [9.17, 15) is 0 Å². The Hall–Kier alpha value is -0.650. The molecule has 1 aliphatic heterocycles. The maximum atomic E-state index is 4.57. The number of rotatable bonds is 5. The third-order valence-corrected chi connectivity index (χ3v) is 4.67. The fraction of sp³-hybridized carbons (Fsp3) is 0.769. The van der Waals surface area contributed by atoms with Crippen LogP contribution in [0.4, 0.5) is 5.13 Å². The van der Waals surface area contributed by atoms with Crippen LogP contribution in [0.5, 0.6) is 0 Å². The molecule has 1 fully saturated rings. The number of thiazole rings is 1. The number of anilines is 1. The molecule has 0 spiro atoms. The van der Waals surface area contributed by atoms with Crippen LogP contribution in [0, 0.1) is 0 Å². The van der Waals surface area contributed by atoms with Gasteiger partial charge in [0.05, 0.1) is 0 Å². The molecule has 0 aliphatic carbocycles. The zero-order valence-corrected chi connectivity index (χ0v) is 12.5. The van der Waals surface area contributed by atoms with Crippen molar-refractivity contribution < 1.29 is 0 Å². The molecule has 0 saturated carbocycles. The second kappa shape index (κ2) is 6.50. The van der Waals surface area contributed by atoms with Gasteiger partial charge >= 0.3 is 0 Å². The van der Waals surface area contributed by atoms with Gasteiger partial charge in [-0.1, -0.05) is 13.8 Å². The first-order chi connectivity index (χ1) is 8.74. The van der Waals surface area contributed by atoms with Crippen molar-refractivity contribution in [1.82, 2.24) is 15.2 Å². The van der Waals surface area contributed by atoms with E-state index in [2.05, 4.69) is 41.0 Å². The molecule has 0 radical (unpaired) electrons. The molecule has 2 heterocycles. The van der Waals surface area contributed by atoms with E-state index in [-0.39, 0.29) is 0 Å². The predicted molar refractivity (Wildman–Crippen MR) is 78.4 cm³/mol. The van der Waals surface area contributed by atoms with Gasteiger partial charge in [0.25, 0.3) is 0 Å². The molecule has 2 rings (SSSR count). The molecular formula is C13H24N4S. The summed E-state index contributed by atoms with van der Waals surface area (Å²) in [5.74, 6) is 0. The van der Waals surface area contributed by atoms with Crippen molar-refractivity contribution in [2.45, 2.75) is 32.9 Å². The van der Waals surface area contributed by atoms with Crippen molar-refractivity contribution >= 4 is 16.5 Å². The highest BCUT2D eigenvalue weighted by molar-refractivity contribution is 7.15. The van der Waals surface area contributed by atoms with E-state index < -0.39 is 0 Å². The molecule has 1 aliphatic rings. The van der Waals surface area contributed by atoms with E-state index in [1.807, 2.05) is 17.5 Å². The largest absolute Gasteiger partial charge is 0.345 e. The normalized spacial score (nSPS) is 21.5. The Balaban J connectivity index is 1.96. The number of hydrogen-bond donors (Lipinski definition) is 1. The van der Waals surface area contributed by atoms with Gasteiger partial charge < -0.3 is 10.2 Å². The van der Waals surface area contributed by atoms with Gasteiger partial charge in [0.2, 0.25) is 0 Å². The molecule has 1 aromatic heterocycles. The van der Waals surface area contributed by atoms with E-state index in [4.69, 9.17) is 0 Å². The number of aromatic nitrogens is 1. The van der Waals surface area contributed by atoms with Crippen molar-refractivity contribution in [3.63, 3.8) is 0 Å². The summed E-state index contributed by atoms with van der Waals surface area (Å²) >= 11 is 1.83. The van der Waals surface area contributed by atoms with Gasteiger partial charge in [0.15, 0.2) is 5.13 Å². The Morgan fingerprint density at radius 1 is 1.44 bits per heavy atom. The zero-order valence-electron chi connectivity index (χ0n) is 11.6. The van der Waals surface area contributed by atoms with Gasteiger partial charge in [-0.25, -0.2) is 4.98 Å². The lowest BCUT2D eigenvalue weighted by Crippen LogP contribution is -2.51. The molecule has 1 unspecified atom stereocenters. The molecule has 1 aromatic rings. The molecule has 5 heteroatoms. The lowest BCUT2D eigenvalue weighted by atomic mass is 10.1. The number of nitrogens with zero attached hydrogens (tertiary/aromatic N) is 3. The Labute approximate surface area is 114 Å². The average Bonchev–Trinajstić information content (AvgIpc) is 2.85. The van der Waals surface area contributed by atoms with Crippen LogP contribution in [-0.4, -0.2) is 49.2 Å². The molecule has 0 amide bonds. The zero-order chi connectivity index (χ0) is 13.0. The van der Waals surface area contributed by atoms with Crippen LogP contribution >= 0.6 is 11.3 Å². The fourth-order valence-electron chi connectivity index (χ4n) is 2.33. The minimum atomic E-state index is 0.667. The smallest absolute Gasteiger partial charge is 0.185 e. The number of nitrogens with one attached hydrogen (secondary N) is 1. The van der Waals surface area contributed by atoms with Gasteiger partial charge in [-0.15, -0.1) is 11.3 Å². The second-order valence-corrected chi connectivity index (χ2v) is 5.97. The van der Waals surface area contributed by atoms with Crippen LogP contribution in [0.25, 0.3) is 0 Å². The maximum Gasteiger partial charge on any atom is 0.185 e. The summed E-state index contributed by atoms with van der Waals surface area (Å²) in [6.07, 6.45) is 3.23. The lowest BCUT2D eigenvalue weighted by molar-refractivity contribution is 0.213. The highest BCUT2D eigenvalue weighted by atomic mass is 32.1. The molecule has 102 valence electrons. The molecule has 1 saturated heterocycles. The molecule has 18 heavy (non-hydrogen) atoms. The van der Waals surface area contributed by atoms with Crippen molar-refractivity contribution in [3.8, 4) is 0 Å². The van der Waals surface area contributed by atoms with E-state index >= 15 is 0 Å². The highest BCUT2D eigenvalue weighted by Gasteiger charge is 2.24. The molecule has 1 N–H and O–H groups in total. The SMILES string of the molecule is CCNCc1cnc(N2CCN(C)C(CC)C2)s1. The Morgan fingerprint density at radius 3 is 3.00 bits per heavy atom. The van der Waals surface area contributed by atoms with Gasteiger partial charge in [0.1, 0.15) is 0 Å². The number of likely N-dealkylation sites (N-methyl/N-ethyl adjacent to an activating group) is 1. The summed E-state index contributed by atoms with van der Waals surface area (Å²) in [5, 5.41) is 4.54. The number of piperazine rings is 1. The van der Waals surface area contributed by atoms with Crippen LogP contribution in [0.1, 0.15) is 25.1 Å². The Kier molecular flexibility index (Phi) is 4.97. The predicted octanol–water partition coefficient (Wildman–Crippen LogP) is 1.78. The van der Waals surface area contributed by atoms with Crippen molar-refractivity contribution in [2.75, 3.05) is 38.1 Å². The third kappa shape index (κ3) is 3.22. The van der Waals surface area contributed by atoms with E-state index in [1.165, 1.54) is 16.4 Å². The molecule has 1 atom stereocenters. The monoisotopic (exact) mass is 268 g/mol. The summed E-state index contributed by atoms with van der Waals surface area (Å²) in [6.45, 7) is 9.71. The van der Waals surface area contributed by atoms with Crippen LogP contribution in [0.3, 0.4) is 0 Å². The Morgan fingerprint density at radius 2 is 2.28 bits per heavy atom. The minimum Gasteiger partial charge on any atom is -0.345 e. The first-order valence-corrected chi connectivity index (χ1v) is 7.66. The highest BCUT2D eigenvalue weighted by Crippen LogP contribution is 2.25. The Bertz CT molecular complexity index is 366. The fourth-order valence-corrected chi connectivity index (χ4v) is 3.25. The first-order valence-electron chi connectivity index (χ1n) is 6.85. The molecule has 4 nitrogen and oxygen atoms in total. The lowest BCUT2D eigenvalue weighted by Gasteiger charge is -2.39. The van der Waals surface area contributed by atoms with Gasteiger partial charge in [-0.05, 0) is 20.0 Å². The van der Waals surface area contributed by atoms with E-state index in [0.29, 0.717) is 6.04 Å². The topological polar surface area (TPSA) is 31.4 Å². The van der Waals surface area contributed by atoms with Gasteiger partial charge in [-0.3, -0.25) is 4.90 Å². The quantitative estimate of drug-likeness (QED) is 0.882. The van der Waals surface area contributed by atoms with Crippen LogP contribution in [0.2, 0.25) is 0 Å². The average molecular weight is 268 g/mol. The minimum absolute atomic E-state index is 0.667. The van der Waals surface area contributed by atoms with Gasteiger partial charge in [0, 0.05) is 43.3 Å². The number of hydrogen-bond acceptors (Lipinski definition) is 5. The summed E-state index contributed by atoms with van der Waals surface area (Å²) < 4.78 is 0. The summed E-state index contributed by atoms with van der Waals surface area (Å²) in [4.78, 5) is 10.8. The standard InChI is InChI=1S/C13H24N4S/c1-4-11-10-17(7-6-16(11)3)13-15-9-12(18-13)8-14-5-2/h9,11,14H,4-8,10H2,1-3H3. The second-order valence-electron chi connectivity index (χ2n) is 4.88. The maximum absolute atomic E-state index is 4.57. The van der Waals surface area contributed by atoms with Crippen LogP contribution in [0.15, 0.2) is 6.20 Å². The molecular weight excluding hydrogens is 244 g/mol. The van der Waals surface area contributed by atoms with E-state index in [1.54, 1.807) is 0 Å². The van der Waals surface area contributed by atoms with Crippen molar-refractivity contribution in [2.24, 2.45) is 0 Å². The summed E-state index contributed by atoms with van der Waals surface area (Å²) in [6, 6.07) is 0.667. The van der Waals surface area contributed by atoms with Crippen LogP contribution in [-0.2, 0) is 6.54 Å². The summed E-state index contributed by atoms with van der Waals surface area (Å²) in [7, 11) is 2.23. The molecule has 0 aromatic carbocycles. The molecule has 0 bridgehead atoms.